The molecule has 2 aliphatic heterocycles. The van der Waals surface area contributed by atoms with Crippen LogP contribution in [0.4, 0.5) is 4.79 Å². The van der Waals surface area contributed by atoms with E-state index in [9.17, 15) is 24.3 Å². The maximum absolute atomic E-state index is 14.2. The molecule has 5 rings (SSSR count). The summed E-state index contributed by atoms with van der Waals surface area (Å²) in [5.41, 5.74) is -1.52. The van der Waals surface area contributed by atoms with Crippen molar-refractivity contribution < 1.29 is 33.8 Å². The Morgan fingerprint density at radius 2 is 1.98 bits per heavy atom. The molecule has 14 heteroatoms. The minimum absolute atomic E-state index is 0.0563. The maximum atomic E-state index is 14.2. The molecule has 3 N–H and O–H groups in total. The number of carbonyl (C=O) groups excluding carboxylic acids is 3. The number of carboxylic acids is 1. The van der Waals surface area contributed by atoms with Crippen molar-refractivity contribution >= 4 is 23.9 Å². The lowest BCUT2D eigenvalue weighted by atomic mass is 10.0. The smallest absolute Gasteiger partial charge is 0.408 e. The van der Waals surface area contributed by atoms with E-state index in [1.807, 2.05) is 18.2 Å². The number of fused-ring (bicyclic) bond motifs is 2. The van der Waals surface area contributed by atoms with Crippen LogP contribution in [0, 0.1) is 5.92 Å². The van der Waals surface area contributed by atoms with E-state index in [4.69, 9.17) is 9.47 Å². The zero-order valence-corrected chi connectivity index (χ0v) is 26.1. The summed E-state index contributed by atoms with van der Waals surface area (Å²) in [6.45, 7) is 5.26. The Balaban J connectivity index is 1.44. The number of benzene rings is 1. The Bertz CT molecular complexity index is 1470. The van der Waals surface area contributed by atoms with Crippen molar-refractivity contribution in [1.29, 1.82) is 0 Å². The SMILES string of the molecule is COc1cccc(-c2nnn([C@@H]3C[C@H]4C(=O)N[C@]5(C(=O)O)C[C@H]5/C=C\CCCCC[C@H](NC(=O)OC(C)(C)C)C(=O)N4C3)n2)c1. The predicted octanol–water partition coefficient (Wildman–Crippen LogP) is 2.86. The molecule has 0 spiro atoms. The number of hydrogen-bond acceptors (Lipinski definition) is 9. The van der Waals surface area contributed by atoms with Gasteiger partial charge in [-0.1, -0.05) is 37.1 Å². The number of tetrazole rings is 1. The summed E-state index contributed by atoms with van der Waals surface area (Å²) in [5, 5.41) is 28.5. The summed E-state index contributed by atoms with van der Waals surface area (Å²) in [5.74, 6) is -1.52. The first-order valence-corrected chi connectivity index (χ1v) is 15.4. The number of carbonyl (C=O) groups is 4. The van der Waals surface area contributed by atoms with E-state index in [1.54, 1.807) is 46.1 Å². The van der Waals surface area contributed by atoms with Gasteiger partial charge < -0.3 is 30.1 Å². The lowest BCUT2D eigenvalue weighted by molar-refractivity contribution is -0.145. The Morgan fingerprint density at radius 1 is 1.18 bits per heavy atom. The lowest BCUT2D eigenvalue weighted by Crippen LogP contribution is -2.56. The van der Waals surface area contributed by atoms with Gasteiger partial charge in [0.2, 0.25) is 17.6 Å². The standard InChI is InChI=1S/C31H41N7O7/c1-30(2,3)45-29(43)32-23-14-9-7-5-6-8-12-20-17-31(20,28(41)42)33-26(39)24-16-21(18-37(24)27(23)40)38-35-25(34-36-38)19-11-10-13-22(15-19)44-4/h8,10-13,15,20-21,23-24H,5-7,9,14,16-18H2,1-4H3,(H,32,43)(H,33,39)(H,41,42)/b12-8-/t20-,21-,23+,24+,31-/m1/s1. The van der Waals surface area contributed by atoms with Gasteiger partial charge in [0.25, 0.3) is 0 Å². The molecule has 14 nitrogen and oxygen atoms in total. The van der Waals surface area contributed by atoms with Crippen molar-refractivity contribution in [2.75, 3.05) is 13.7 Å². The van der Waals surface area contributed by atoms with Crippen molar-refractivity contribution in [3.8, 4) is 17.1 Å². The van der Waals surface area contributed by atoms with Crippen LogP contribution in [0.1, 0.15) is 71.8 Å². The number of nitrogens with one attached hydrogen (secondary N) is 2. The third kappa shape index (κ3) is 7.26. The quantitative estimate of drug-likeness (QED) is 0.420. The van der Waals surface area contributed by atoms with Gasteiger partial charge in [-0.3, -0.25) is 9.59 Å². The van der Waals surface area contributed by atoms with Gasteiger partial charge in [0, 0.05) is 24.4 Å². The number of amides is 3. The van der Waals surface area contributed by atoms with Crippen molar-refractivity contribution in [1.82, 2.24) is 35.7 Å². The van der Waals surface area contributed by atoms with Crippen molar-refractivity contribution in [2.45, 2.75) is 95.0 Å². The van der Waals surface area contributed by atoms with Gasteiger partial charge in [0.05, 0.1) is 13.2 Å². The number of ether oxygens (including phenoxy) is 2. The first-order chi connectivity index (χ1) is 21.4. The molecule has 3 aliphatic rings. The second-order valence-electron chi connectivity index (χ2n) is 12.9. The van der Waals surface area contributed by atoms with Gasteiger partial charge in [-0.15, -0.1) is 10.2 Å². The molecule has 1 aromatic carbocycles. The van der Waals surface area contributed by atoms with Gasteiger partial charge in [-0.25, -0.2) is 9.59 Å². The van der Waals surface area contributed by atoms with Crippen LogP contribution >= 0.6 is 0 Å². The van der Waals surface area contributed by atoms with Crippen molar-refractivity contribution in [2.24, 2.45) is 5.92 Å². The zero-order valence-electron chi connectivity index (χ0n) is 26.1. The van der Waals surface area contributed by atoms with Gasteiger partial charge in [0.1, 0.15) is 29.0 Å². The van der Waals surface area contributed by atoms with Gasteiger partial charge in [0.15, 0.2) is 0 Å². The second-order valence-corrected chi connectivity index (χ2v) is 12.9. The summed E-state index contributed by atoms with van der Waals surface area (Å²) >= 11 is 0. The minimum atomic E-state index is -1.43. The van der Waals surface area contributed by atoms with Gasteiger partial charge in [-0.2, -0.15) is 4.80 Å². The summed E-state index contributed by atoms with van der Waals surface area (Å²) in [7, 11) is 1.56. The Hall–Kier alpha value is -4.49. The van der Waals surface area contributed by atoms with Crippen LogP contribution in [0.2, 0.25) is 0 Å². The third-order valence-corrected chi connectivity index (χ3v) is 8.41. The monoisotopic (exact) mass is 623 g/mol. The van der Waals surface area contributed by atoms with E-state index in [0.717, 1.165) is 19.3 Å². The molecule has 0 radical (unpaired) electrons. The molecular weight excluding hydrogens is 582 g/mol. The number of methoxy groups -OCH3 is 1. The lowest BCUT2D eigenvalue weighted by Gasteiger charge is -2.30. The van der Waals surface area contributed by atoms with Crippen LogP contribution in [-0.2, 0) is 19.1 Å². The number of aromatic nitrogens is 4. The van der Waals surface area contributed by atoms with Crippen LogP contribution in [-0.4, -0.2) is 91.0 Å². The number of aliphatic carboxylic acids is 1. The fourth-order valence-electron chi connectivity index (χ4n) is 5.95. The molecule has 1 aromatic heterocycles. The average molecular weight is 624 g/mol. The number of nitrogens with zero attached hydrogens (tertiary/aromatic N) is 5. The molecule has 45 heavy (non-hydrogen) atoms. The first-order valence-electron chi connectivity index (χ1n) is 15.4. The fraction of sp³-hybridized carbons (Fsp3) is 0.581. The average Bonchev–Trinajstić information content (AvgIpc) is 3.31. The highest BCUT2D eigenvalue weighted by Gasteiger charge is 2.61. The van der Waals surface area contributed by atoms with E-state index in [-0.39, 0.29) is 25.3 Å². The van der Waals surface area contributed by atoms with Crippen LogP contribution in [0.15, 0.2) is 36.4 Å². The summed E-state index contributed by atoms with van der Waals surface area (Å²) in [6, 6.07) is 4.69. The summed E-state index contributed by atoms with van der Waals surface area (Å²) in [6.07, 6.45) is 6.88. The number of carboxylic acid groups (broad SMARTS) is 1. The number of rotatable bonds is 5. The van der Waals surface area contributed by atoms with Crippen LogP contribution < -0.4 is 15.4 Å². The predicted molar refractivity (Wildman–Crippen MR) is 161 cm³/mol. The summed E-state index contributed by atoms with van der Waals surface area (Å²) in [4.78, 5) is 55.9. The van der Waals surface area contributed by atoms with E-state index in [0.29, 0.717) is 30.0 Å². The zero-order chi connectivity index (χ0) is 32.4. The van der Waals surface area contributed by atoms with Crippen LogP contribution in [0.3, 0.4) is 0 Å². The van der Waals surface area contributed by atoms with Crippen molar-refractivity contribution in [3.05, 3.63) is 36.4 Å². The highest BCUT2D eigenvalue weighted by Crippen LogP contribution is 2.45. The number of hydrogen-bond donors (Lipinski definition) is 3. The molecule has 1 saturated carbocycles. The summed E-state index contributed by atoms with van der Waals surface area (Å²) < 4.78 is 10.7. The molecule has 1 saturated heterocycles. The molecule has 3 amide bonds. The van der Waals surface area contributed by atoms with Crippen molar-refractivity contribution in [3.63, 3.8) is 0 Å². The number of allylic oxidation sites excluding steroid dienone is 1. The molecule has 2 fully saturated rings. The largest absolute Gasteiger partial charge is 0.497 e. The van der Waals surface area contributed by atoms with Gasteiger partial charge >= 0.3 is 12.1 Å². The van der Waals surface area contributed by atoms with E-state index in [2.05, 4.69) is 26.0 Å². The molecule has 0 unspecified atom stereocenters. The highest BCUT2D eigenvalue weighted by molar-refractivity contribution is 5.96. The molecule has 1 aliphatic carbocycles. The second kappa shape index (κ2) is 12.9. The number of alkyl carbamates (subject to hydrolysis) is 1. The molecule has 2 aromatic rings. The van der Waals surface area contributed by atoms with Crippen LogP contribution in [0.5, 0.6) is 5.75 Å². The maximum Gasteiger partial charge on any atom is 0.408 e. The molecular formula is C31H41N7O7. The highest BCUT2D eigenvalue weighted by atomic mass is 16.6. The van der Waals surface area contributed by atoms with E-state index >= 15 is 0 Å². The van der Waals surface area contributed by atoms with E-state index < -0.39 is 53.1 Å². The minimum Gasteiger partial charge on any atom is -0.497 e. The molecule has 5 atom stereocenters. The first kappa shape index (κ1) is 31.9. The molecule has 242 valence electrons. The topological polar surface area (TPSA) is 178 Å². The third-order valence-electron chi connectivity index (χ3n) is 8.41. The fourth-order valence-corrected chi connectivity index (χ4v) is 5.95. The van der Waals surface area contributed by atoms with Crippen LogP contribution in [0.25, 0.3) is 11.4 Å². The Kier molecular flexibility index (Phi) is 9.12. The Morgan fingerprint density at radius 3 is 2.71 bits per heavy atom. The normalized spacial score (nSPS) is 28.0. The molecule has 0 bridgehead atoms. The van der Waals surface area contributed by atoms with Gasteiger partial charge in [-0.05, 0) is 63.8 Å². The Labute approximate surface area is 261 Å². The molecule has 3 heterocycles. The van der Waals surface area contributed by atoms with E-state index in [1.165, 1.54) is 9.70 Å².